The van der Waals surface area contributed by atoms with Crippen LogP contribution < -0.4 is 15.2 Å². The van der Waals surface area contributed by atoms with Gasteiger partial charge in [0.15, 0.2) is 0 Å². The van der Waals surface area contributed by atoms with E-state index in [-0.39, 0.29) is 23.6 Å². The Bertz CT molecular complexity index is 911. The van der Waals surface area contributed by atoms with Crippen LogP contribution in [0.5, 0.6) is 11.8 Å². The Kier molecular flexibility index (Phi) is 6.68. The number of aromatic nitrogens is 2. The molecular formula is C24H30FN3O3. The van der Waals surface area contributed by atoms with Crippen molar-refractivity contribution in [1.82, 2.24) is 9.97 Å². The molecule has 2 aromatic rings. The van der Waals surface area contributed by atoms with Crippen molar-refractivity contribution in [3.05, 3.63) is 47.5 Å². The summed E-state index contributed by atoms with van der Waals surface area (Å²) in [6, 6.07) is 5.63. The number of rotatable bonds is 9. The molecule has 0 bridgehead atoms. The Morgan fingerprint density at radius 3 is 2.61 bits per heavy atom. The average molecular weight is 428 g/mol. The van der Waals surface area contributed by atoms with Gasteiger partial charge in [-0.05, 0) is 79.4 Å². The number of amides is 1. The quantitative estimate of drug-likeness (QED) is 0.643. The van der Waals surface area contributed by atoms with Crippen LogP contribution in [0.3, 0.4) is 0 Å². The molecule has 0 saturated heterocycles. The molecule has 2 N–H and O–H groups in total. The lowest BCUT2D eigenvalue weighted by atomic mass is 9.79. The van der Waals surface area contributed by atoms with Gasteiger partial charge in [-0.3, -0.25) is 4.79 Å². The first kappa shape index (κ1) is 21.5. The number of hydrogen-bond acceptors (Lipinski definition) is 5. The van der Waals surface area contributed by atoms with Gasteiger partial charge in [0.25, 0.3) is 0 Å². The second-order valence-corrected chi connectivity index (χ2v) is 8.82. The summed E-state index contributed by atoms with van der Waals surface area (Å²) in [6.07, 6.45) is 9.41. The zero-order chi connectivity index (χ0) is 21.8. The van der Waals surface area contributed by atoms with E-state index in [4.69, 9.17) is 15.2 Å². The smallest absolute Gasteiger partial charge is 0.218 e. The normalized spacial score (nSPS) is 22.0. The number of hydrogen-bond donors (Lipinski definition) is 1. The molecule has 2 fully saturated rings. The minimum atomic E-state index is -0.267. The number of nitrogens with zero attached hydrogens (tertiary/aromatic N) is 2. The van der Waals surface area contributed by atoms with E-state index in [2.05, 4.69) is 9.97 Å². The summed E-state index contributed by atoms with van der Waals surface area (Å²) in [6.45, 7) is 0.592. The van der Waals surface area contributed by atoms with E-state index in [0.717, 1.165) is 44.1 Å². The lowest BCUT2D eigenvalue weighted by Gasteiger charge is -2.29. The summed E-state index contributed by atoms with van der Waals surface area (Å²) >= 11 is 0. The van der Waals surface area contributed by atoms with E-state index in [0.29, 0.717) is 42.2 Å². The maximum atomic E-state index is 14.2. The number of methoxy groups -OCH3 is 1. The predicted molar refractivity (Wildman–Crippen MR) is 114 cm³/mol. The third kappa shape index (κ3) is 5.51. The molecule has 1 atom stereocenters. The second kappa shape index (κ2) is 9.62. The zero-order valence-corrected chi connectivity index (χ0v) is 17.9. The summed E-state index contributed by atoms with van der Waals surface area (Å²) < 4.78 is 25.4. The van der Waals surface area contributed by atoms with Gasteiger partial charge >= 0.3 is 0 Å². The van der Waals surface area contributed by atoms with Crippen LogP contribution in [0, 0.1) is 17.7 Å². The van der Waals surface area contributed by atoms with Gasteiger partial charge in [-0.2, -0.15) is 0 Å². The highest BCUT2D eigenvalue weighted by molar-refractivity contribution is 5.75. The Balaban J connectivity index is 1.31. The van der Waals surface area contributed by atoms with Crippen LogP contribution in [0.2, 0.25) is 0 Å². The minimum Gasteiger partial charge on any atom is -0.481 e. The summed E-state index contributed by atoms with van der Waals surface area (Å²) in [5.74, 6) is 1.81. The summed E-state index contributed by atoms with van der Waals surface area (Å²) in [5, 5.41) is 0. The topological polar surface area (TPSA) is 87.3 Å². The molecule has 2 heterocycles. The lowest BCUT2D eigenvalue weighted by Crippen LogP contribution is -2.20. The molecule has 0 aliphatic heterocycles. The van der Waals surface area contributed by atoms with Gasteiger partial charge in [0.2, 0.25) is 17.7 Å². The van der Waals surface area contributed by atoms with Gasteiger partial charge in [0.05, 0.1) is 19.9 Å². The van der Waals surface area contributed by atoms with Gasteiger partial charge in [0, 0.05) is 24.8 Å². The Labute approximate surface area is 182 Å². The van der Waals surface area contributed by atoms with E-state index in [9.17, 15) is 9.18 Å². The fourth-order valence-corrected chi connectivity index (χ4v) is 4.71. The number of ether oxygens (including phenoxy) is 2. The highest BCUT2D eigenvalue weighted by atomic mass is 19.1. The van der Waals surface area contributed by atoms with Crippen molar-refractivity contribution in [1.29, 1.82) is 0 Å². The van der Waals surface area contributed by atoms with Crippen LogP contribution in [-0.4, -0.2) is 29.6 Å². The average Bonchev–Trinajstić information content (AvgIpc) is 3.62. The monoisotopic (exact) mass is 427 g/mol. The molecule has 0 aromatic carbocycles. The molecule has 7 heteroatoms. The van der Waals surface area contributed by atoms with Crippen molar-refractivity contribution in [2.75, 3.05) is 13.7 Å². The number of carbonyl (C=O) groups is 1. The highest BCUT2D eigenvalue weighted by Gasteiger charge is 2.33. The van der Waals surface area contributed by atoms with Crippen LogP contribution in [0.25, 0.3) is 0 Å². The minimum absolute atomic E-state index is 0.158. The maximum absolute atomic E-state index is 14.2. The van der Waals surface area contributed by atoms with Gasteiger partial charge in [-0.1, -0.05) is 0 Å². The molecule has 4 rings (SSSR count). The van der Waals surface area contributed by atoms with Crippen LogP contribution >= 0.6 is 0 Å². The maximum Gasteiger partial charge on any atom is 0.218 e. The van der Waals surface area contributed by atoms with E-state index >= 15 is 0 Å². The highest BCUT2D eigenvalue weighted by Crippen LogP contribution is 2.45. The molecule has 2 aliphatic carbocycles. The SMILES string of the molecule is COc1cc(C2CCC(COc3cc([C@@H](CC(N)=O)C4CC4)ccn3)CC2)c(F)cn1. The molecule has 6 nitrogen and oxygen atoms in total. The standard InChI is InChI=1S/C24H30FN3O3/c1-30-23-12-20(21(25)13-28-23)17-4-2-15(3-5-17)14-31-24-10-18(8-9-27-24)19(11-22(26)29)16-6-7-16/h8-10,12-13,15-17,19H,2-7,11,14H2,1H3,(H2,26,29)/t15?,17?,19-/m0/s1. The van der Waals surface area contributed by atoms with Crippen LogP contribution in [0.1, 0.15) is 67.9 Å². The largest absolute Gasteiger partial charge is 0.481 e. The van der Waals surface area contributed by atoms with Crippen molar-refractivity contribution in [2.45, 2.75) is 56.8 Å². The van der Waals surface area contributed by atoms with Crippen molar-refractivity contribution >= 4 is 5.91 Å². The molecule has 0 radical (unpaired) electrons. The molecule has 1 amide bonds. The fourth-order valence-electron chi connectivity index (χ4n) is 4.71. The Morgan fingerprint density at radius 1 is 1.16 bits per heavy atom. The first-order chi connectivity index (χ1) is 15.0. The molecule has 166 valence electrons. The molecule has 2 saturated carbocycles. The molecule has 0 unspecified atom stereocenters. The van der Waals surface area contributed by atoms with Gasteiger partial charge in [0.1, 0.15) is 5.82 Å². The molecule has 0 spiro atoms. The number of halogens is 1. The summed E-state index contributed by atoms with van der Waals surface area (Å²) in [4.78, 5) is 19.7. The Morgan fingerprint density at radius 2 is 1.94 bits per heavy atom. The molecule has 2 aromatic heterocycles. The molecule has 31 heavy (non-hydrogen) atoms. The van der Waals surface area contributed by atoms with Crippen LogP contribution in [-0.2, 0) is 4.79 Å². The number of pyridine rings is 2. The summed E-state index contributed by atoms with van der Waals surface area (Å²) in [7, 11) is 1.54. The van der Waals surface area contributed by atoms with Gasteiger partial charge in [-0.25, -0.2) is 14.4 Å². The number of nitrogens with two attached hydrogens (primary N) is 1. The van der Waals surface area contributed by atoms with E-state index in [1.165, 1.54) is 6.20 Å². The van der Waals surface area contributed by atoms with E-state index in [1.54, 1.807) is 19.4 Å². The first-order valence-electron chi connectivity index (χ1n) is 11.1. The van der Waals surface area contributed by atoms with Crippen molar-refractivity contribution in [2.24, 2.45) is 17.6 Å². The van der Waals surface area contributed by atoms with Crippen molar-refractivity contribution in [3.63, 3.8) is 0 Å². The van der Waals surface area contributed by atoms with Gasteiger partial charge in [-0.15, -0.1) is 0 Å². The summed E-state index contributed by atoms with van der Waals surface area (Å²) in [5.41, 5.74) is 7.23. The second-order valence-electron chi connectivity index (χ2n) is 8.82. The van der Waals surface area contributed by atoms with Crippen LogP contribution in [0.15, 0.2) is 30.6 Å². The predicted octanol–water partition coefficient (Wildman–Crippen LogP) is 4.35. The van der Waals surface area contributed by atoms with Crippen molar-refractivity contribution < 1.29 is 18.7 Å². The van der Waals surface area contributed by atoms with Crippen molar-refractivity contribution in [3.8, 4) is 11.8 Å². The lowest BCUT2D eigenvalue weighted by molar-refractivity contribution is -0.118. The van der Waals surface area contributed by atoms with Gasteiger partial charge < -0.3 is 15.2 Å². The van der Waals surface area contributed by atoms with E-state index < -0.39 is 0 Å². The third-order valence-electron chi connectivity index (χ3n) is 6.62. The number of carbonyl (C=O) groups excluding carboxylic acids is 1. The number of primary amides is 1. The third-order valence-corrected chi connectivity index (χ3v) is 6.62. The fraction of sp³-hybridized carbons (Fsp3) is 0.542. The molecule has 2 aliphatic rings. The van der Waals surface area contributed by atoms with E-state index in [1.807, 2.05) is 12.1 Å². The first-order valence-corrected chi connectivity index (χ1v) is 11.1. The Hall–Kier alpha value is -2.70. The zero-order valence-electron chi connectivity index (χ0n) is 17.9. The molecular weight excluding hydrogens is 397 g/mol. The van der Waals surface area contributed by atoms with Crippen LogP contribution in [0.4, 0.5) is 4.39 Å².